The summed E-state index contributed by atoms with van der Waals surface area (Å²) in [5.41, 5.74) is 4.29. The topological polar surface area (TPSA) is 107 Å². The van der Waals surface area contributed by atoms with Crippen molar-refractivity contribution in [3.63, 3.8) is 0 Å². The summed E-state index contributed by atoms with van der Waals surface area (Å²) in [6, 6.07) is 22.3. The third-order valence-electron chi connectivity index (χ3n) is 9.64. The van der Waals surface area contributed by atoms with Gasteiger partial charge in [-0.3, -0.25) is 4.90 Å². The summed E-state index contributed by atoms with van der Waals surface area (Å²) in [7, 11) is 1.63. The lowest BCUT2D eigenvalue weighted by atomic mass is 10.0. The summed E-state index contributed by atoms with van der Waals surface area (Å²) in [6.45, 7) is 8.51. The summed E-state index contributed by atoms with van der Waals surface area (Å²) in [5.74, 6) is 2.48. The normalized spacial score (nSPS) is 16.9. The SMILES string of the molecule is COCOc1cc(N2CCc3c(nc(N4CCN(CCO)CC4)nc3N3CCN(C(=O)OCc4ccccc4)CC3)C2)c2ccccc2c1. The van der Waals surface area contributed by atoms with E-state index in [9.17, 15) is 9.90 Å². The number of benzene rings is 3. The lowest BCUT2D eigenvalue weighted by Crippen LogP contribution is -2.50. The quantitative estimate of drug-likeness (QED) is 0.250. The maximum atomic E-state index is 12.9. The van der Waals surface area contributed by atoms with Crippen LogP contribution in [-0.2, 0) is 29.0 Å². The van der Waals surface area contributed by atoms with E-state index in [0.29, 0.717) is 39.3 Å². The highest BCUT2D eigenvalue weighted by atomic mass is 16.7. The van der Waals surface area contributed by atoms with Gasteiger partial charge in [0.1, 0.15) is 18.2 Å². The smallest absolute Gasteiger partial charge is 0.410 e. The number of nitrogens with zero attached hydrogens (tertiary/aromatic N) is 7. The fourth-order valence-corrected chi connectivity index (χ4v) is 6.97. The van der Waals surface area contributed by atoms with Crippen molar-refractivity contribution >= 4 is 34.3 Å². The van der Waals surface area contributed by atoms with E-state index in [1.54, 1.807) is 12.0 Å². The van der Waals surface area contributed by atoms with Crippen molar-refractivity contribution < 1.29 is 24.1 Å². The van der Waals surface area contributed by atoms with Gasteiger partial charge in [-0.1, -0.05) is 54.6 Å². The molecule has 2 fully saturated rings. The molecule has 258 valence electrons. The van der Waals surface area contributed by atoms with Gasteiger partial charge >= 0.3 is 6.09 Å². The molecule has 3 aromatic carbocycles. The Bertz CT molecular complexity index is 1730. The van der Waals surface area contributed by atoms with Crippen LogP contribution in [0, 0.1) is 0 Å². The van der Waals surface area contributed by atoms with Crippen molar-refractivity contribution in [1.29, 1.82) is 0 Å². The molecule has 4 heterocycles. The van der Waals surface area contributed by atoms with Gasteiger partial charge in [0.15, 0.2) is 6.79 Å². The molecule has 1 amide bonds. The molecule has 12 nitrogen and oxygen atoms in total. The van der Waals surface area contributed by atoms with Crippen molar-refractivity contribution in [1.82, 2.24) is 19.8 Å². The van der Waals surface area contributed by atoms with Gasteiger partial charge in [-0.2, -0.15) is 4.98 Å². The molecule has 49 heavy (non-hydrogen) atoms. The first-order valence-electron chi connectivity index (χ1n) is 17.2. The van der Waals surface area contributed by atoms with Crippen molar-refractivity contribution in [3.05, 3.63) is 83.6 Å². The zero-order valence-corrected chi connectivity index (χ0v) is 28.2. The van der Waals surface area contributed by atoms with Gasteiger partial charge in [-0.15, -0.1) is 0 Å². The standard InChI is InChI=1S/C37H45N7O5/c1-47-27-49-30-23-29-9-5-6-10-31(29)34(24-30)44-12-11-32-33(25-44)38-36(42-15-13-40(14-16-42)21-22-45)39-35(32)41-17-19-43(20-18-41)37(46)48-26-28-7-3-2-4-8-28/h2-10,23-24,45H,11-22,25-27H2,1H3. The van der Waals surface area contributed by atoms with Crippen LogP contribution in [0.1, 0.15) is 16.8 Å². The molecule has 12 heteroatoms. The summed E-state index contributed by atoms with van der Waals surface area (Å²) < 4.78 is 16.7. The first-order valence-corrected chi connectivity index (χ1v) is 17.2. The maximum absolute atomic E-state index is 12.9. The molecule has 7 rings (SSSR count). The van der Waals surface area contributed by atoms with E-state index in [-0.39, 0.29) is 26.1 Å². The predicted octanol–water partition coefficient (Wildman–Crippen LogP) is 3.75. The molecule has 0 aliphatic carbocycles. The first kappa shape index (κ1) is 32.9. The third-order valence-corrected chi connectivity index (χ3v) is 9.64. The van der Waals surface area contributed by atoms with Crippen LogP contribution >= 0.6 is 0 Å². The average molecular weight is 668 g/mol. The summed E-state index contributed by atoms with van der Waals surface area (Å²) in [5, 5.41) is 11.7. The van der Waals surface area contributed by atoms with E-state index in [1.807, 2.05) is 36.4 Å². The Morgan fingerprint density at radius 1 is 0.837 bits per heavy atom. The van der Waals surface area contributed by atoms with Crippen LogP contribution in [0.4, 0.5) is 22.2 Å². The van der Waals surface area contributed by atoms with Crippen LogP contribution in [0.5, 0.6) is 5.75 Å². The number of β-amino-alcohol motifs (C(OH)–C–C–N with tert-alkyl or cyclic N) is 1. The number of piperazine rings is 2. The molecule has 1 N–H and O–H groups in total. The number of rotatable bonds is 10. The number of fused-ring (bicyclic) bond motifs is 2. The summed E-state index contributed by atoms with van der Waals surface area (Å²) in [6.07, 6.45) is 0.515. The fourth-order valence-electron chi connectivity index (χ4n) is 6.97. The fraction of sp³-hybridized carbons (Fsp3) is 0.432. The second kappa shape index (κ2) is 15.3. The van der Waals surface area contributed by atoms with Gasteiger partial charge in [0.2, 0.25) is 5.95 Å². The number of aromatic nitrogens is 2. The molecule has 2 saturated heterocycles. The van der Waals surface area contributed by atoms with Crippen molar-refractivity contribution in [2.75, 3.05) is 101 Å². The van der Waals surface area contributed by atoms with Gasteiger partial charge in [0.25, 0.3) is 0 Å². The molecule has 0 spiro atoms. The Kier molecular flexibility index (Phi) is 10.2. The Hall–Kier alpha value is -4.65. The number of carbonyl (C=O) groups excluding carboxylic acids is 1. The summed E-state index contributed by atoms with van der Waals surface area (Å²) >= 11 is 0. The molecule has 0 radical (unpaired) electrons. The molecule has 1 aromatic heterocycles. The molecule has 3 aliphatic heterocycles. The first-order chi connectivity index (χ1) is 24.1. The third kappa shape index (κ3) is 7.51. The monoisotopic (exact) mass is 667 g/mol. The second-order valence-corrected chi connectivity index (χ2v) is 12.7. The molecule has 4 aromatic rings. The Labute approximate surface area is 287 Å². The van der Waals surface area contributed by atoms with E-state index in [0.717, 1.165) is 79.0 Å². The minimum atomic E-state index is -0.283. The molecule has 3 aliphatic rings. The van der Waals surface area contributed by atoms with E-state index in [2.05, 4.69) is 49.9 Å². The number of amides is 1. The van der Waals surface area contributed by atoms with Gasteiger partial charge in [-0.05, 0) is 23.4 Å². The number of ether oxygens (including phenoxy) is 3. The van der Waals surface area contributed by atoms with E-state index >= 15 is 0 Å². The number of hydrogen-bond acceptors (Lipinski definition) is 11. The minimum Gasteiger partial charge on any atom is -0.467 e. The van der Waals surface area contributed by atoms with Crippen LogP contribution in [0.2, 0.25) is 0 Å². The Morgan fingerprint density at radius 3 is 2.37 bits per heavy atom. The Balaban J connectivity index is 1.13. The van der Waals surface area contributed by atoms with Crippen LogP contribution in [0.15, 0.2) is 66.7 Å². The number of methoxy groups -OCH3 is 1. The van der Waals surface area contributed by atoms with Gasteiger partial charge < -0.3 is 38.9 Å². The molecule has 0 bridgehead atoms. The van der Waals surface area contributed by atoms with Gasteiger partial charge in [0, 0.05) is 95.3 Å². The van der Waals surface area contributed by atoms with Crippen molar-refractivity contribution in [2.24, 2.45) is 0 Å². The zero-order chi connectivity index (χ0) is 33.6. The van der Waals surface area contributed by atoms with E-state index < -0.39 is 0 Å². The van der Waals surface area contributed by atoms with Gasteiger partial charge in [0.05, 0.1) is 18.8 Å². The molecule has 0 saturated carbocycles. The Morgan fingerprint density at radius 2 is 1.59 bits per heavy atom. The lowest BCUT2D eigenvalue weighted by molar-refractivity contribution is 0.0512. The molecular weight excluding hydrogens is 622 g/mol. The molecule has 0 unspecified atom stereocenters. The number of aliphatic hydroxyl groups is 1. The van der Waals surface area contributed by atoms with Crippen LogP contribution < -0.4 is 19.4 Å². The van der Waals surface area contributed by atoms with Gasteiger partial charge in [-0.25, -0.2) is 9.78 Å². The van der Waals surface area contributed by atoms with Crippen LogP contribution in [0.3, 0.4) is 0 Å². The average Bonchev–Trinajstić information content (AvgIpc) is 3.16. The molecule has 0 atom stereocenters. The van der Waals surface area contributed by atoms with Crippen LogP contribution in [-0.4, -0.2) is 117 Å². The van der Waals surface area contributed by atoms with E-state index in [4.69, 9.17) is 24.2 Å². The predicted molar refractivity (Wildman–Crippen MR) is 189 cm³/mol. The second-order valence-electron chi connectivity index (χ2n) is 12.7. The zero-order valence-electron chi connectivity index (χ0n) is 28.2. The van der Waals surface area contributed by atoms with E-state index in [1.165, 1.54) is 10.9 Å². The highest BCUT2D eigenvalue weighted by Gasteiger charge is 2.31. The lowest BCUT2D eigenvalue weighted by Gasteiger charge is -2.39. The van der Waals surface area contributed by atoms with Crippen molar-refractivity contribution in [3.8, 4) is 5.75 Å². The minimum absolute atomic E-state index is 0.160. The number of hydrogen-bond donors (Lipinski definition) is 1. The highest BCUT2D eigenvalue weighted by molar-refractivity contribution is 5.96. The number of carbonyl (C=O) groups is 1. The number of anilines is 3. The number of aliphatic hydroxyl groups excluding tert-OH is 1. The molecular formula is C37H45N7O5. The highest BCUT2D eigenvalue weighted by Crippen LogP contribution is 2.37. The maximum Gasteiger partial charge on any atom is 0.410 e. The van der Waals surface area contributed by atoms with Crippen molar-refractivity contribution in [2.45, 2.75) is 19.6 Å². The van der Waals surface area contributed by atoms with Crippen LogP contribution in [0.25, 0.3) is 10.8 Å². The largest absolute Gasteiger partial charge is 0.467 e. The summed E-state index contributed by atoms with van der Waals surface area (Å²) in [4.78, 5) is 34.4.